The van der Waals surface area contributed by atoms with Gasteiger partial charge in [0.05, 0.1) is 17.7 Å². The summed E-state index contributed by atoms with van der Waals surface area (Å²) in [5.74, 6) is 0. The number of imidazole rings is 1. The van der Waals surface area contributed by atoms with Crippen LogP contribution in [0.1, 0.15) is 22.4 Å². The minimum Gasteiger partial charge on any atom is -0.333 e. The van der Waals surface area contributed by atoms with E-state index in [1.807, 2.05) is 17.9 Å². The van der Waals surface area contributed by atoms with E-state index in [1.165, 1.54) is 22.3 Å². The summed E-state index contributed by atoms with van der Waals surface area (Å²) in [6.45, 7) is 6.88. The van der Waals surface area contributed by atoms with Crippen LogP contribution in [0, 0.1) is 20.8 Å². The molecule has 1 aromatic carbocycles. The SMILES string of the molecule is Cc1cc(C)c(-c2c(CN)ncn2C)cc1C. The molecule has 0 saturated heterocycles. The lowest BCUT2D eigenvalue weighted by Crippen LogP contribution is -2.02. The molecule has 0 bridgehead atoms. The van der Waals surface area contributed by atoms with Gasteiger partial charge >= 0.3 is 0 Å². The minimum atomic E-state index is 0.475. The van der Waals surface area contributed by atoms with Crippen molar-refractivity contribution in [2.75, 3.05) is 0 Å². The number of nitrogens with two attached hydrogens (primary N) is 1. The van der Waals surface area contributed by atoms with Crippen molar-refractivity contribution in [1.82, 2.24) is 9.55 Å². The van der Waals surface area contributed by atoms with E-state index in [2.05, 4.69) is 37.9 Å². The second-order valence-electron chi connectivity index (χ2n) is 4.61. The van der Waals surface area contributed by atoms with E-state index in [0.29, 0.717) is 6.54 Å². The number of aromatic nitrogens is 2. The summed E-state index contributed by atoms with van der Waals surface area (Å²) in [6.07, 6.45) is 1.83. The van der Waals surface area contributed by atoms with Crippen molar-refractivity contribution >= 4 is 0 Å². The van der Waals surface area contributed by atoms with Crippen LogP contribution in [0.2, 0.25) is 0 Å². The monoisotopic (exact) mass is 229 g/mol. The predicted molar refractivity (Wildman–Crippen MR) is 70.7 cm³/mol. The third-order valence-corrected chi connectivity index (χ3v) is 3.30. The van der Waals surface area contributed by atoms with Crippen molar-refractivity contribution in [2.24, 2.45) is 12.8 Å². The number of nitrogens with zero attached hydrogens (tertiary/aromatic N) is 2. The maximum Gasteiger partial charge on any atom is 0.0952 e. The lowest BCUT2D eigenvalue weighted by atomic mass is 9.97. The van der Waals surface area contributed by atoms with E-state index < -0.39 is 0 Å². The first-order chi connectivity index (χ1) is 8.04. The molecule has 0 saturated carbocycles. The Morgan fingerprint density at radius 2 is 1.76 bits per heavy atom. The molecule has 0 aliphatic heterocycles. The van der Waals surface area contributed by atoms with E-state index in [0.717, 1.165) is 11.4 Å². The summed E-state index contributed by atoms with van der Waals surface area (Å²) in [6, 6.07) is 4.44. The average Bonchev–Trinajstić information content (AvgIpc) is 2.65. The van der Waals surface area contributed by atoms with E-state index in [9.17, 15) is 0 Å². The molecule has 2 rings (SSSR count). The van der Waals surface area contributed by atoms with E-state index in [1.54, 1.807) is 0 Å². The zero-order valence-electron chi connectivity index (χ0n) is 10.9. The quantitative estimate of drug-likeness (QED) is 0.859. The van der Waals surface area contributed by atoms with Crippen LogP contribution < -0.4 is 5.73 Å². The Hall–Kier alpha value is -1.61. The second-order valence-corrected chi connectivity index (χ2v) is 4.61. The molecule has 0 atom stereocenters. The van der Waals surface area contributed by atoms with Crippen LogP contribution in [0.3, 0.4) is 0 Å². The van der Waals surface area contributed by atoms with Crippen LogP contribution in [0.25, 0.3) is 11.3 Å². The van der Waals surface area contributed by atoms with Crippen molar-refractivity contribution in [3.05, 3.63) is 40.8 Å². The van der Waals surface area contributed by atoms with Crippen molar-refractivity contribution in [3.63, 3.8) is 0 Å². The number of benzene rings is 1. The van der Waals surface area contributed by atoms with E-state index >= 15 is 0 Å². The molecular formula is C14H19N3. The minimum absolute atomic E-state index is 0.475. The summed E-state index contributed by atoms with van der Waals surface area (Å²) in [7, 11) is 2.01. The van der Waals surface area contributed by atoms with Gasteiger partial charge in [0.15, 0.2) is 0 Å². The van der Waals surface area contributed by atoms with Gasteiger partial charge in [0.25, 0.3) is 0 Å². The van der Waals surface area contributed by atoms with Gasteiger partial charge in [-0.15, -0.1) is 0 Å². The van der Waals surface area contributed by atoms with Crippen molar-refractivity contribution in [2.45, 2.75) is 27.3 Å². The van der Waals surface area contributed by atoms with Crippen LogP contribution >= 0.6 is 0 Å². The van der Waals surface area contributed by atoms with Crippen molar-refractivity contribution < 1.29 is 0 Å². The smallest absolute Gasteiger partial charge is 0.0952 e. The molecule has 0 unspecified atom stereocenters. The van der Waals surface area contributed by atoms with Crippen LogP contribution in [0.5, 0.6) is 0 Å². The number of hydrogen-bond donors (Lipinski definition) is 1. The number of hydrogen-bond acceptors (Lipinski definition) is 2. The summed E-state index contributed by atoms with van der Waals surface area (Å²) in [5.41, 5.74) is 13.0. The topological polar surface area (TPSA) is 43.8 Å². The fourth-order valence-corrected chi connectivity index (χ4v) is 2.19. The van der Waals surface area contributed by atoms with Crippen LogP contribution in [-0.4, -0.2) is 9.55 Å². The van der Waals surface area contributed by atoms with Crippen LogP contribution in [0.4, 0.5) is 0 Å². The normalized spacial score (nSPS) is 10.9. The Morgan fingerprint density at radius 3 is 2.41 bits per heavy atom. The number of rotatable bonds is 2. The summed E-state index contributed by atoms with van der Waals surface area (Å²) in [5, 5.41) is 0. The highest BCUT2D eigenvalue weighted by atomic mass is 15.0. The maximum atomic E-state index is 5.74. The Balaban J connectivity index is 2.68. The van der Waals surface area contributed by atoms with Gasteiger partial charge in [0.2, 0.25) is 0 Å². The van der Waals surface area contributed by atoms with E-state index in [4.69, 9.17) is 5.73 Å². The highest BCUT2D eigenvalue weighted by molar-refractivity contribution is 5.68. The zero-order chi connectivity index (χ0) is 12.6. The highest BCUT2D eigenvalue weighted by Gasteiger charge is 2.13. The third-order valence-electron chi connectivity index (χ3n) is 3.30. The summed E-state index contributed by atoms with van der Waals surface area (Å²) < 4.78 is 2.04. The molecule has 0 amide bonds. The third kappa shape index (κ3) is 1.98. The molecule has 3 nitrogen and oxygen atoms in total. The van der Waals surface area contributed by atoms with Gasteiger partial charge in [-0.25, -0.2) is 4.98 Å². The van der Waals surface area contributed by atoms with Gasteiger partial charge in [-0.05, 0) is 43.5 Å². The molecule has 0 fully saturated rings. The molecule has 0 spiro atoms. The first-order valence-electron chi connectivity index (χ1n) is 5.83. The second kappa shape index (κ2) is 4.34. The van der Waals surface area contributed by atoms with Crippen LogP contribution in [-0.2, 0) is 13.6 Å². The Labute approximate surface area is 102 Å². The number of aryl methyl sites for hydroxylation is 4. The molecule has 2 aromatic rings. The molecule has 3 heteroatoms. The molecule has 17 heavy (non-hydrogen) atoms. The molecule has 1 heterocycles. The standard InChI is InChI=1S/C14H19N3/c1-9-5-11(3)12(6-10(9)2)14-13(7-15)16-8-17(14)4/h5-6,8H,7,15H2,1-4H3. The largest absolute Gasteiger partial charge is 0.333 e. The van der Waals surface area contributed by atoms with Gasteiger partial charge in [0.1, 0.15) is 0 Å². The lowest BCUT2D eigenvalue weighted by Gasteiger charge is -2.12. The Bertz CT molecular complexity index is 553. The maximum absolute atomic E-state index is 5.74. The first kappa shape index (κ1) is 11.9. The lowest BCUT2D eigenvalue weighted by molar-refractivity contribution is 0.918. The van der Waals surface area contributed by atoms with Gasteiger partial charge in [0, 0.05) is 19.2 Å². The van der Waals surface area contributed by atoms with E-state index in [-0.39, 0.29) is 0 Å². The summed E-state index contributed by atoms with van der Waals surface area (Å²) >= 11 is 0. The molecular weight excluding hydrogens is 210 g/mol. The highest BCUT2D eigenvalue weighted by Crippen LogP contribution is 2.28. The van der Waals surface area contributed by atoms with Crippen molar-refractivity contribution in [3.8, 4) is 11.3 Å². The van der Waals surface area contributed by atoms with Crippen LogP contribution in [0.15, 0.2) is 18.5 Å². The Kier molecular flexibility index (Phi) is 3.03. The van der Waals surface area contributed by atoms with Gasteiger partial charge in [-0.3, -0.25) is 0 Å². The first-order valence-corrected chi connectivity index (χ1v) is 5.83. The molecule has 0 radical (unpaired) electrons. The van der Waals surface area contributed by atoms with Gasteiger partial charge in [-0.1, -0.05) is 6.07 Å². The molecule has 90 valence electrons. The molecule has 0 aliphatic carbocycles. The molecule has 1 aromatic heterocycles. The molecule has 2 N–H and O–H groups in total. The summed E-state index contributed by atoms with van der Waals surface area (Å²) in [4.78, 5) is 4.34. The van der Waals surface area contributed by atoms with Gasteiger partial charge in [-0.2, -0.15) is 0 Å². The fraction of sp³-hybridized carbons (Fsp3) is 0.357. The zero-order valence-corrected chi connectivity index (χ0v) is 10.9. The predicted octanol–water partition coefficient (Wildman–Crippen LogP) is 2.47. The van der Waals surface area contributed by atoms with Gasteiger partial charge < -0.3 is 10.3 Å². The molecule has 0 aliphatic rings. The Morgan fingerprint density at radius 1 is 1.12 bits per heavy atom. The van der Waals surface area contributed by atoms with Crippen molar-refractivity contribution in [1.29, 1.82) is 0 Å². The average molecular weight is 229 g/mol. The fourth-order valence-electron chi connectivity index (χ4n) is 2.19.